The van der Waals surface area contributed by atoms with Gasteiger partial charge in [0, 0.05) is 25.0 Å². The van der Waals surface area contributed by atoms with E-state index in [0.29, 0.717) is 5.82 Å². The Morgan fingerprint density at radius 1 is 1.35 bits per heavy atom. The van der Waals surface area contributed by atoms with Crippen molar-refractivity contribution in [1.82, 2.24) is 15.0 Å². The summed E-state index contributed by atoms with van der Waals surface area (Å²) in [6.07, 6.45) is 3.22. The van der Waals surface area contributed by atoms with E-state index in [1.807, 2.05) is 0 Å². The van der Waals surface area contributed by atoms with E-state index < -0.39 is 17.7 Å². The fraction of sp³-hybridized carbons (Fsp3) is 0.182. The Hall–Kier alpha value is -1.79. The van der Waals surface area contributed by atoms with Gasteiger partial charge >= 0.3 is 0 Å². The zero-order valence-corrected chi connectivity index (χ0v) is 9.19. The first-order valence-corrected chi connectivity index (χ1v) is 5.02. The summed E-state index contributed by atoms with van der Waals surface area (Å²) in [4.78, 5) is 4.03. The highest BCUT2D eigenvalue weighted by atomic mass is 19.1. The minimum Gasteiger partial charge on any atom is -0.336 e. The van der Waals surface area contributed by atoms with Gasteiger partial charge in [-0.05, 0) is 12.1 Å². The van der Waals surface area contributed by atoms with Crippen LogP contribution < -0.4 is 11.3 Å². The largest absolute Gasteiger partial charge is 0.336 e. The monoisotopic (exact) mass is 238 g/mol. The summed E-state index contributed by atoms with van der Waals surface area (Å²) in [5.74, 6) is 4.49. The summed E-state index contributed by atoms with van der Waals surface area (Å²) in [7, 11) is 1.73. The van der Waals surface area contributed by atoms with Crippen molar-refractivity contribution in [3.8, 4) is 0 Å². The molecule has 1 unspecified atom stereocenters. The maximum atomic E-state index is 13.6. The van der Waals surface area contributed by atoms with E-state index in [0.717, 1.165) is 0 Å². The second-order valence-corrected chi connectivity index (χ2v) is 3.63. The molecule has 0 spiro atoms. The van der Waals surface area contributed by atoms with Crippen LogP contribution in [0, 0.1) is 11.6 Å². The van der Waals surface area contributed by atoms with E-state index in [9.17, 15) is 8.78 Å². The predicted molar refractivity (Wildman–Crippen MR) is 58.7 cm³/mol. The Morgan fingerprint density at radius 2 is 2.00 bits per heavy atom. The normalized spacial score (nSPS) is 12.7. The average molecular weight is 238 g/mol. The van der Waals surface area contributed by atoms with E-state index >= 15 is 0 Å². The lowest BCUT2D eigenvalue weighted by Crippen LogP contribution is -2.32. The summed E-state index contributed by atoms with van der Waals surface area (Å²) >= 11 is 0. The molecule has 4 nitrogen and oxygen atoms in total. The topological polar surface area (TPSA) is 55.9 Å². The van der Waals surface area contributed by atoms with Crippen molar-refractivity contribution >= 4 is 0 Å². The highest BCUT2D eigenvalue weighted by molar-refractivity contribution is 5.28. The first-order valence-electron chi connectivity index (χ1n) is 5.02. The molecule has 0 bridgehead atoms. The molecule has 1 aromatic heterocycles. The molecule has 0 fully saturated rings. The fourth-order valence-corrected chi connectivity index (χ4v) is 1.73. The summed E-state index contributed by atoms with van der Waals surface area (Å²) < 4.78 is 28.9. The van der Waals surface area contributed by atoms with Gasteiger partial charge in [-0.3, -0.25) is 5.84 Å². The highest BCUT2D eigenvalue weighted by Crippen LogP contribution is 2.24. The van der Waals surface area contributed by atoms with Crippen LogP contribution in [0.25, 0.3) is 0 Å². The molecular formula is C11H12F2N4. The fourth-order valence-electron chi connectivity index (χ4n) is 1.73. The van der Waals surface area contributed by atoms with Crippen LogP contribution in [0.1, 0.15) is 17.4 Å². The van der Waals surface area contributed by atoms with Gasteiger partial charge in [0.15, 0.2) is 0 Å². The van der Waals surface area contributed by atoms with Crippen molar-refractivity contribution < 1.29 is 8.78 Å². The average Bonchev–Trinajstić information content (AvgIpc) is 2.70. The van der Waals surface area contributed by atoms with Crippen LogP contribution in [-0.4, -0.2) is 9.55 Å². The Morgan fingerprint density at radius 3 is 2.47 bits per heavy atom. The maximum Gasteiger partial charge on any atom is 0.131 e. The summed E-state index contributed by atoms with van der Waals surface area (Å²) in [6, 6.07) is 2.86. The molecule has 0 radical (unpaired) electrons. The quantitative estimate of drug-likeness (QED) is 0.625. The van der Waals surface area contributed by atoms with Gasteiger partial charge in [0.25, 0.3) is 0 Å². The van der Waals surface area contributed by atoms with Gasteiger partial charge in [-0.15, -0.1) is 0 Å². The third-order valence-corrected chi connectivity index (χ3v) is 2.57. The number of benzene rings is 1. The minimum absolute atomic E-state index is 0.135. The lowest BCUT2D eigenvalue weighted by atomic mass is 10.1. The number of hydrogen-bond acceptors (Lipinski definition) is 3. The van der Waals surface area contributed by atoms with E-state index in [1.165, 1.54) is 18.2 Å². The summed E-state index contributed by atoms with van der Waals surface area (Å²) in [5.41, 5.74) is 2.25. The van der Waals surface area contributed by atoms with E-state index in [-0.39, 0.29) is 5.56 Å². The van der Waals surface area contributed by atoms with Gasteiger partial charge < -0.3 is 4.57 Å². The van der Waals surface area contributed by atoms with E-state index in [4.69, 9.17) is 5.84 Å². The Balaban J connectivity index is 2.53. The minimum atomic E-state index is -0.823. The molecule has 0 saturated carbocycles. The van der Waals surface area contributed by atoms with Crippen LogP contribution in [0.4, 0.5) is 8.78 Å². The number of rotatable bonds is 3. The van der Waals surface area contributed by atoms with Crippen molar-refractivity contribution in [3.05, 3.63) is 53.6 Å². The number of nitrogens with two attached hydrogens (primary N) is 1. The maximum absolute atomic E-state index is 13.6. The highest BCUT2D eigenvalue weighted by Gasteiger charge is 2.23. The molecule has 0 saturated heterocycles. The number of aryl methyl sites for hydroxylation is 1. The number of hydrogen-bond donors (Lipinski definition) is 2. The van der Waals surface area contributed by atoms with Crippen molar-refractivity contribution in [2.75, 3.05) is 0 Å². The smallest absolute Gasteiger partial charge is 0.131 e. The molecule has 0 aliphatic heterocycles. The van der Waals surface area contributed by atoms with Crippen molar-refractivity contribution in [3.63, 3.8) is 0 Å². The van der Waals surface area contributed by atoms with Gasteiger partial charge in [-0.2, -0.15) is 0 Å². The molecule has 1 heterocycles. The molecule has 0 aliphatic rings. The second kappa shape index (κ2) is 4.60. The van der Waals surface area contributed by atoms with E-state index in [1.54, 1.807) is 24.0 Å². The molecule has 2 aromatic rings. The standard InChI is InChI=1S/C11H12F2N4/c1-17-6-5-15-11(17)10(16-14)9-7(12)3-2-4-8(9)13/h2-6,10,16H,14H2,1H3. The first kappa shape index (κ1) is 11.7. The Kier molecular flexibility index (Phi) is 3.16. The van der Waals surface area contributed by atoms with Crippen molar-refractivity contribution in [2.24, 2.45) is 12.9 Å². The van der Waals surface area contributed by atoms with Crippen LogP contribution in [-0.2, 0) is 7.05 Å². The van der Waals surface area contributed by atoms with Crippen LogP contribution in [0.5, 0.6) is 0 Å². The molecular weight excluding hydrogens is 226 g/mol. The Bertz CT molecular complexity index is 504. The lowest BCUT2D eigenvalue weighted by Gasteiger charge is -2.17. The third-order valence-electron chi connectivity index (χ3n) is 2.57. The first-order chi connectivity index (χ1) is 8.15. The molecule has 1 aromatic carbocycles. The van der Waals surface area contributed by atoms with Gasteiger partial charge in [0.05, 0.1) is 0 Å². The number of nitrogens with one attached hydrogen (secondary N) is 1. The van der Waals surface area contributed by atoms with E-state index in [2.05, 4.69) is 10.4 Å². The molecule has 2 rings (SSSR count). The van der Waals surface area contributed by atoms with Gasteiger partial charge in [-0.25, -0.2) is 19.2 Å². The SMILES string of the molecule is Cn1ccnc1C(NN)c1c(F)cccc1F. The number of nitrogens with zero attached hydrogens (tertiary/aromatic N) is 2. The molecule has 3 N–H and O–H groups in total. The molecule has 0 aliphatic carbocycles. The van der Waals surface area contributed by atoms with Crippen LogP contribution in [0.3, 0.4) is 0 Å². The van der Waals surface area contributed by atoms with Gasteiger partial charge in [0.2, 0.25) is 0 Å². The molecule has 6 heteroatoms. The Labute approximate surface area is 97.0 Å². The molecule has 90 valence electrons. The number of imidazole rings is 1. The number of hydrazine groups is 1. The van der Waals surface area contributed by atoms with Gasteiger partial charge in [0.1, 0.15) is 23.5 Å². The zero-order valence-electron chi connectivity index (χ0n) is 9.19. The molecule has 17 heavy (non-hydrogen) atoms. The second-order valence-electron chi connectivity index (χ2n) is 3.63. The van der Waals surface area contributed by atoms with Crippen molar-refractivity contribution in [2.45, 2.75) is 6.04 Å². The lowest BCUT2D eigenvalue weighted by molar-refractivity contribution is 0.492. The molecule has 0 amide bonds. The zero-order chi connectivity index (χ0) is 12.4. The van der Waals surface area contributed by atoms with Crippen LogP contribution in [0.2, 0.25) is 0 Å². The third kappa shape index (κ3) is 2.04. The predicted octanol–water partition coefficient (Wildman–Crippen LogP) is 1.25. The number of halogens is 2. The van der Waals surface area contributed by atoms with Gasteiger partial charge in [-0.1, -0.05) is 6.07 Å². The van der Waals surface area contributed by atoms with Crippen LogP contribution >= 0.6 is 0 Å². The van der Waals surface area contributed by atoms with Crippen LogP contribution in [0.15, 0.2) is 30.6 Å². The molecule has 1 atom stereocenters. The number of aromatic nitrogens is 2. The summed E-state index contributed by atoms with van der Waals surface area (Å²) in [5, 5.41) is 0. The summed E-state index contributed by atoms with van der Waals surface area (Å²) in [6.45, 7) is 0. The van der Waals surface area contributed by atoms with Crippen molar-refractivity contribution in [1.29, 1.82) is 0 Å².